The first kappa shape index (κ1) is 23.0. The van der Waals surface area contributed by atoms with E-state index in [1.807, 2.05) is 0 Å². The summed E-state index contributed by atoms with van der Waals surface area (Å²) in [6.07, 6.45) is 16.6. The summed E-state index contributed by atoms with van der Waals surface area (Å²) in [5, 5.41) is 10.5. The van der Waals surface area contributed by atoms with Gasteiger partial charge in [-0.05, 0) is 115 Å². The van der Waals surface area contributed by atoms with E-state index in [9.17, 15) is 9.90 Å². The third-order valence-corrected chi connectivity index (χ3v) is 12.9. The average Bonchev–Trinajstić information content (AvgIpc) is 2.67. The van der Waals surface area contributed by atoms with Crippen LogP contribution < -0.4 is 0 Å². The maximum Gasteiger partial charge on any atom is 0.309 e. The van der Waals surface area contributed by atoms with Crippen molar-refractivity contribution in [2.24, 2.45) is 56.2 Å². The predicted octanol–water partition coefficient (Wildman–Crippen LogP) is 8.12. The number of carboxylic acid groups (broad SMARTS) is 1. The summed E-state index contributed by atoms with van der Waals surface area (Å²) < 4.78 is 0. The quantitative estimate of drug-likeness (QED) is 0.418. The van der Waals surface area contributed by atoms with Crippen LogP contribution in [0.2, 0.25) is 0 Å². The van der Waals surface area contributed by atoms with E-state index in [2.05, 4.69) is 60.6 Å². The molecule has 0 bridgehead atoms. The van der Waals surface area contributed by atoms with E-state index in [1.165, 1.54) is 32.1 Å². The van der Waals surface area contributed by atoms with Crippen LogP contribution in [-0.2, 0) is 4.79 Å². The molecule has 32 heavy (non-hydrogen) atoms. The number of hydrogen-bond acceptors (Lipinski definition) is 1. The van der Waals surface area contributed by atoms with Gasteiger partial charge in [0.05, 0.1) is 5.41 Å². The molecular formula is C30H48O2. The Morgan fingerprint density at radius 1 is 0.781 bits per heavy atom. The number of aliphatic carboxylic acids is 1. The number of rotatable bonds is 1. The summed E-state index contributed by atoms with van der Waals surface area (Å²) in [4.78, 5) is 12.8. The highest BCUT2D eigenvalue weighted by molar-refractivity contribution is 5.75. The molecule has 0 aromatic heterocycles. The Morgan fingerprint density at radius 2 is 1.47 bits per heavy atom. The van der Waals surface area contributed by atoms with Crippen LogP contribution in [0.5, 0.6) is 0 Å². The van der Waals surface area contributed by atoms with E-state index in [0.717, 1.165) is 43.9 Å². The molecule has 0 radical (unpaired) electrons. The lowest BCUT2D eigenvalue weighted by Crippen LogP contribution is -2.66. The predicted molar refractivity (Wildman–Crippen MR) is 131 cm³/mol. The van der Waals surface area contributed by atoms with E-state index in [4.69, 9.17) is 0 Å². The van der Waals surface area contributed by atoms with Crippen molar-refractivity contribution in [3.63, 3.8) is 0 Å². The zero-order valence-electron chi connectivity index (χ0n) is 21.9. The van der Waals surface area contributed by atoms with Gasteiger partial charge in [-0.25, -0.2) is 0 Å². The van der Waals surface area contributed by atoms with Gasteiger partial charge in [0.25, 0.3) is 0 Å². The third kappa shape index (κ3) is 2.73. The van der Waals surface area contributed by atoms with Gasteiger partial charge < -0.3 is 5.11 Å². The summed E-state index contributed by atoms with van der Waals surface area (Å²) in [6.45, 7) is 17.6. The molecule has 180 valence electrons. The Bertz CT molecular complexity index is 838. The zero-order valence-corrected chi connectivity index (χ0v) is 21.9. The fourth-order valence-corrected chi connectivity index (χ4v) is 11.0. The molecule has 4 saturated carbocycles. The number of carboxylic acids is 1. The van der Waals surface area contributed by atoms with Crippen molar-refractivity contribution in [3.8, 4) is 0 Å². The first-order valence-corrected chi connectivity index (χ1v) is 13.6. The van der Waals surface area contributed by atoms with E-state index in [1.54, 1.807) is 0 Å². The van der Waals surface area contributed by atoms with Crippen molar-refractivity contribution >= 4 is 5.97 Å². The minimum Gasteiger partial charge on any atom is -0.481 e. The largest absolute Gasteiger partial charge is 0.481 e. The summed E-state index contributed by atoms with van der Waals surface area (Å²) in [7, 11) is 0. The molecule has 0 aliphatic heterocycles. The van der Waals surface area contributed by atoms with Crippen LogP contribution in [0.15, 0.2) is 12.2 Å². The van der Waals surface area contributed by atoms with E-state index in [-0.39, 0.29) is 10.8 Å². The van der Waals surface area contributed by atoms with Gasteiger partial charge in [-0.1, -0.05) is 60.6 Å². The molecule has 0 spiro atoms. The zero-order chi connectivity index (χ0) is 23.4. The monoisotopic (exact) mass is 440 g/mol. The SMILES string of the molecule is CC1(C)CC[C@]2(C(=O)O)CC[C@]3(C)[C@H](CC[C@@H]4[C@@]5(C)CC=CC(C)(C)C5CC[C@]43C)[C@H]2C1. The Balaban J connectivity index is 1.56. The maximum absolute atomic E-state index is 12.8. The molecule has 2 heteroatoms. The first-order valence-electron chi connectivity index (χ1n) is 13.6. The highest BCUT2D eigenvalue weighted by atomic mass is 16.4. The third-order valence-electron chi connectivity index (χ3n) is 12.9. The molecule has 4 fully saturated rings. The summed E-state index contributed by atoms with van der Waals surface area (Å²) >= 11 is 0. The van der Waals surface area contributed by atoms with Gasteiger partial charge in [-0.3, -0.25) is 4.79 Å². The molecule has 8 atom stereocenters. The molecule has 5 aliphatic rings. The van der Waals surface area contributed by atoms with Crippen molar-refractivity contribution in [2.75, 3.05) is 0 Å². The number of hydrogen-bond donors (Lipinski definition) is 1. The molecule has 0 amide bonds. The molecule has 0 heterocycles. The average molecular weight is 441 g/mol. The van der Waals surface area contributed by atoms with E-state index < -0.39 is 11.4 Å². The molecule has 0 saturated heterocycles. The fourth-order valence-electron chi connectivity index (χ4n) is 11.0. The van der Waals surface area contributed by atoms with Gasteiger partial charge in [-0.15, -0.1) is 0 Å². The molecule has 1 unspecified atom stereocenters. The molecule has 5 aliphatic carbocycles. The Labute approximate surface area is 197 Å². The summed E-state index contributed by atoms with van der Waals surface area (Å²) in [5.41, 5.74) is 1.10. The van der Waals surface area contributed by atoms with Crippen LogP contribution in [0.3, 0.4) is 0 Å². The standard InChI is InChI=1S/C30H48O2/c1-25(2)15-17-30(24(31)32)18-16-28(6)20(21(30)19-25)9-10-23-27(5)13-8-12-26(3,4)22(27)11-14-29(23,28)7/h8,12,20-23H,9-11,13-19H2,1-7H3,(H,31,32)/t20-,21-,22?,23-,27+,28-,29-,30+/m1/s1. The van der Waals surface area contributed by atoms with Crippen LogP contribution in [0.1, 0.15) is 113 Å². The Hall–Kier alpha value is -0.790. The van der Waals surface area contributed by atoms with Crippen LogP contribution in [0.4, 0.5) is 0 Å². The highest BCUT2D eigenvalue weighted by Crippen LogP contribution is 2.76. The number of carbonyl (C=O) groups is 1. The van der Waals surface area contributed by atoms with Gasteiger partial charge in [0.2, 0.25) is 0 Å². The molecular weight excluding hydrogens is 392 g/mol. The minimum atomic E-state index is -0.484. The summed E-state index contributed by atoms with van der Waals surface area (Å²) in [6, 6.07) is 0. The molecule has 1 N–H and O–H groups in total. The minimum absolute atomic E-state index is 0.270. The van der Waals surface area contributed by atoms with Crippen molar-refractivity contribution in [2.45, 2.75) is 113 Å². The van der Waals surface area contributed by atoms with Gasteiger partial charge in [-0.2, -0.15) is 0 Å². The smallest absolute Gasteiger partial charge is 0.309 e. The second-order valence-corrected chi connectivity index (χ2v) is 15.0. The lowest BCUT2D eigenvalue weighted by Gasteiger charge is -2.72. The van der Waals surface area contributed by atoms with Gasteiger partial charge >= 0.3 is 5.97 Å². The van der Waals surface area contributed by atoms with Crippen LogP contribution in [0.25, 0.3) is 0 Å². The molecule has 0 aromatic carbocycles. The lowest BCUT2D eigenvalue weighted by atomic mass is 9.32. The second-order valence-electron chi connectivity index (χ2n) is 15.0. The topological polar surface area (TPSA) is 37.3 Å². The van der Waals surface area contributed by atoms with Crippen molar-refractivity contribution in [1.82, 2.24) is 0 Å². The summed E-state index contributed by atoms with van der Waals surface area (Å²) in [5.74, 6) is 1.97. The molecule has 2 nitrogen and oxygen atoms in total. The molecule has 5 rings (SSSR count). The molecule has 0 aromatic rings. The fraction of sp³-hybridized carbons (Fsp3) is 0.900. The van der Waals surface area contributed by atoms with E-state index >= 15 is 0 Å². The van der Waals surface area contributed by atoms with Crippen LogP contribution >= 0.6 is 0 Å². The van der Waals surface area contributed by atoms with Crippen molar-refractivity contribution in [3.05, 3.63) is 12.2 Å². The van der Waals surface area contributed by atoms with Crippen molar-refractivity contribution < 1.29 is 9.90 Å². The van der Waals surface area contributed by atoms with Crippen LogP contribution in [-0.4, -0.2) is 11.1 Å². The number of fused-ring (bicyclic) bond motifs is 7. The first-order chi connectivity index (χ1) is 14.7. The Kier molecular flexibility index (Phi) is 4.78. The van der Waals surface area contributed by atoms with Gasteiger partial charge in [0.1, 0.15) is 0 Å². The van der Waals surface area contributed by atoms with Crippen molar-refractivity contribution in [1.29, 1.82) is 0 Å². The van der Waals surface area contributed by atoms with Crippen LogP contribution in [0, 0.1) is 56.2 Å². The Morgan fingerprint density at radius 3 is 2.16 bits per heavy atom. The highest BCUT2D eigenvalue weighted by Gasteiger charge is 2.70. The second kappa shape index (κ2) is 6.66. The maximum atomic E-state index is 12.8. The van der Waals surface area contributed by atoms with Gasteiger partial charge in [0, 0.05) is 0 Å². The van der Waals surface area contributed by atoms with E-state index in [0.29, 0.717) is 28.1 Å². The number of allylic oxidation sites excluding steroid dienone is 2. The van der Waals surface area contributed by atoms with Gasteiger partial charge in [0.15, 0.2) is 0 Å². The lowest BCUT2D eigenvalue weighted by molar-refractivity contribution is -0.238. The normalized spacial score (nSPS) is 53.3.